The molecular formula is C27H23ClN2O4. The predicted octanol–water partition coefficient (Wildman–Crippen LogP) is 5.52. The number of anilines is 2. The molecule has 0 unspecified atom stereocenters. The van der Waals surface area contributed by atoms with Crippen molar-refractivity contribution in [3.63, 3.8) is 0 Å². The topological polar surface area (TPSA) is 75.7 Å². The largest absolute Gasteiger partial charge is 0.423 e. The number of rotatable bonds is 6. The normalized spacial score (nSPS) is 13.5. The Balaban J connectivity index is 1.50. The second kappa shape index (κ2) is 9.53. The van der Waals surface area contributed by atoms with Gasteiger partial charge < -0.3 is 10.1 Å². The summed E-state index contributed by atoms with van der Waals surface area (Å²) in [5.41, 5.74) is 4.16. The summed E-state index contributed by atoms with van der Waals surface area (Å²) >= 11 is 6.24. The molecule has 0 saturated heterocycles. The molecule has 1 aliphatic rings. The lowest BCUT2D eigenvalue weighted by molar-refractivity contribution is -0.120. The first-order valence-corrected chi connectivity index (χ1v) is 11.2. The Labute approximate surface area is 202 Å². The number of aryl methyl sites for hydroxylation is 3. The Morgan fingerprint density at radius 1 is 0.971 bits per heavy atom. The van der Waals surface area contributed by atoms with Crippen LogP contribution in [-0.4, -0.2) is 17.8 Å². The summed E-state index contributed by atoms with van der Waals surface area (Å²) in [7, 11) is 0. The maximum atomic E-state index is 13.1. The van der Waals surface area contributed by atoms with E-state index in [0.717, 1.165) is 21.6 Å². The third-order valence-electron chi connectivity index (χ3n) is 5.56. The molecule has 0 aromatic heterocycles. The van der Waals surface area contributed by atoms with Crippen LogP contribution in [0.3, 0.4) is 0 Å². The molecule has 1 heterocycles. The van der Waals surface area contributed by atoms with Gasteiger partial charge >= 0.3 is 5.97 Å². The number of carbonyl (C=O) groups is 3. The Morgan fingerprint density at radius 3 is 2.35 bits per heavy atom. The number of amides is 2. The number of carbonyl (C=O) groups excluding carboxylic acids is 3. The van der Waals surface area contributed by atoms with Crippen LogP contribution in [0.15, 0.2) is 77.5 Å². The molecule has 4 rings (SSSR count). The molecule has 0 radical (unpaired) electrons. The SMILES string of the molecule is CCc1ccccc1N1C(=O)C(Cl)=C(Nc2ccc(C(=O)Oc3ccc(C)cc3C)cc2)C1=O. The van der Waals surface area contributed by atoms with Gasteiger partial charge in [0.15, 0.2) is 0 Å². The molecule has 34 heavy (non-hydrogen) atoms. The number of hydrogen-bond acceptors (Lipinski definition) is 5. The first kappa shape index (κ1) is 23.3. The highest BCUT2D eigenvalue weighted by Crippen LogP contribution is 2.32. The quantitative estimate of drug-likeness (QED) is 0.289. The van der Waals surface area contributed by atoms with Gasteiger partial charge in [0.2, 0.25) is 0 Å². The lowest BCUT2D eigenvalue weighted by atomic mass is 10.1. The standard InChI is InChI=1S/C27H23ClN2O4/c1-4-18-7-5-6-8-21(18)30-25(31)23(28)24(26(30)32)29-20-12-10-19(11-13-20)27(33)34-22-14-9-16(2)15-17(22)3/h5-15,29H,4H2,1-3H3. The fourth-order valence-electron chi connectivity index (χ4n) is 3.76. The van der Waals surface area contributed by atoms with Gasteiger partial charge in [-0.2, -0.15) is 0 Å². The number of imide groups is 1. The van der Waals surface area contributed by atoms with E-state index in [1.807, 2.05) is 45.0 Å². The van der Waals surface area contributed by atoms with Gasteiger partial charge in [0.25, 0.3) is 11.8 Å². The molecule has 1 N–H and O–H groups in total. The van der Waals surface area contributed by atoms with Crippen molar-refractivity contribution in [2.24, 2.45) is 0 Å². The van der Waals surface area contributed by atoms with Gasteiger partial charge in [-0.25, -0.2) is 9.69 Å². The first-order valence-electron chi connectivity index (χ1n) is 10.8. The zero-order valence-electron chi connectivity index (χ0n) is 19.0. The van der Waals surface area contributed by atoms with Crippen molar-refractivity contribution in [2.45, 2.75) is 27.2 Å². The van der Waals surface area contributed by atoms with Gasteiger partial charge in [-0.3, -0.25) is 9.59 Å². The Kier molecular flexibility index (Phi) is 6.52. The summed E-state index contributed by atoms with van der Waals surface area (Å²) in [6.07, 6.45) is 0.660. The summed E-state index contributed by atoms with van der Waals surface area (Å²) in [4.78, 5) is 39.4. The smallest absolute Gasteiger partial charge is 0.343 e. The monoisotopic (exact) mass is 474 g/mol. The van der Waals surface area contributed by atoms with Crippen LogP contribution in [0.1, 0.15) is 34.0 Å². The van der Waals surface area contributed by atoms with Crippen molar-refractivity contribution < 1.29 is 19.1 Å². The maximum Gasteiger partial charge on any atom is 0.343 e. The Bertz CT molecular complexity index is 1330. The molecule has 0 fully saturated rings. The number of halogens is 1. The minimum absolute atomic E-state index is 0.0109. The van der Waals surface area contributed by atoms with Gasteiger partial charge in [0.1, 0.15) is 16.5 Å². The van der Waals surface area contributed by atoms with Crippen LogP contribution in [0.2, 0.25) is 0 Å². The van der Waals surface area contributed by atoms with E-state index in [1.165, 1.54) is 0 Å². The molecule has 1 aliphatic heterocycles. The average molecular weight is 475 g/mol. The molecule has 3 aromatic rings. The third-order valence-corrected chi connectivity index (χ3v) is 5.91. The number of benzene rings is 3. The van der Waals surface area contributed by atoms with Crippen LogP contribution in [0, 0.1) is 13.8 Å². The molecule has 172 valence electrons. The fraction of sp³-hybridized carbons (Fsp3) is 0.148. The maximum absolute atomic E-state index is 13.1. The van der Waals surface area contributed by atoms with Crippen LogP contribution in [-0.2, 0) is 16.0 Å². The third kappa shape index (κ3) is 4.45. The predicted molar refractivity (Wildman–Crippen MR) is 132 cm³/mol. The average Bonchev–Trinajstić information content (AvgIpc) is 3.04. The van der Waals surface area contributed by atoms with E-state index >= 15 is 0 Å². The molecular weight excluding hydrogens is 452 g/mol. The highest BCUT2D eigenvalue weighted by atomic mass is 35.5. The summed E-state index contributed by atoms with van der Waals surface area (Å²) < 4.78 is 5.50. The molecule has 0 spiro atoms. The second-order valence-corrected chi connectivity index (χ2v) is 8.36. The van der Waals surface area contributed by atoms with Crippen molar-refractivity contribution in [3.05, 3.63) is 99.7 Å². The van der Waals surface area contributed by atoms with Gasteiger partial charge in [-0.15, -0.1) is 0 Å². The van der Waals surface area contributed by atoms with E-state index < -0.39 is 17.8 Å². The van der Waals surface area contributed by atoms with E-state index in [2.05, 4.69) is 5.32 Å². The molecule has 6 nitrogen and oxygen atoms in total. The van der Waals surface area contributed by atoms with Crippen LogP contribution < -0.4 is 15.0 Å². The second-order valence-electron chi connectivity index (χ2n) is 7.98. The number of esters is 1. The lowest BCUT2D eigenvalue weighted by Crippen LogP contribution is -2.33. The van der Waals surface area contributed by atoms with Gasteiger partial charge in [0.05, 0.1) is 11.3 Å². The number of nitrogens with one attached hydrogen (secondary N) is 1. The summed E-state index contributed by atoms with van der Waals surface area (Å²) in [5, 5.41) is 2.74. The summed E-state index contributed by atoms with van der Waals surface area (Å²) in [6.45, 7) is 5.80. The number of para-hydroxylation sites is 1. The molecule has 0 aliphatic carbocycles. The fourth-order valence-corrected chi connectivity index (χ4v) is 3.98. The molecule has 0 atom stereocenters. The number of hydrogen-bond donors (Lipinski definition) is 1. The van der Waals surface area contributed by atoms with Gasteiger partial charge in [0, 0.05) is 5.69 Å². The van der Waals surface area contributed by atoms with E-state index in [1.54, 1.807) is 42.5 Å². The molecule has 0 saturated carbocycles. The van der Waals surface area contributed by atoms with E-state index in [0.29, 0.717) is 29.1 Å². The van der Waals surface area contributed by atoms with E-state index in [9.17, 15) is 14.4 Å². The molecule has 2 amide bonds. The van der Waals surface area contributed by atoms with Crippen molar-refractivity contribution in [2.75, 3.05) is 10.2 Å². The van der Waals surface area contributed by atoms with Crippen LogP contribution in [0.25, 0.3) is 0 Å². The number of nitrogens with zero attached hydrogens (tertiary/aromatic N) is 1. The van der Waals surface area contributed by atoms with Gasteiger partial charge in [-0.05, 0) is 67.8 Å². The molecule has 3 aromatic carbocycles. The highest BCUT2D eigenvalue weighted by molar-refractivity contribution is 6.53. The van der Waals surface area contributed by atoms with Crippen LogP contribution in [0.5, 0.6) is 5.75 Å². The summed E-state index contributed by atoms with van der Waals surface area (Å²) in [6, 6.07) is 19.2. The zero-order valence-corrected chi connectivity index (χ0v) is 19.8. The van der Waals surface area contributed by atoms with Crippen LogP contribution >= 0.6 is 11.6 Å². The highest BCUT2D eigenvalue weighted by Gasteiger charge is 2.39. The van der Waals surface area contributed by atoms with Crippen LogP contribution in [0.4, 0.5) is 11.4 Å². The zero-order chi connectivity index (χ0) is 24.4. The minimum atomic E-state index is -0.580. The van der Waals surface area contributed by atoms with Gasteiger partial charge in [-0.1, -0.05) is 54.4 Å². The van der Waals surface area contributed by atoms with Crippen molar-refractivity contribution in [3.8, 4) is 5.75 Å². The minimum Gasteiger partial charge on any atom is -0.423 e. The number of ether oxygens (including phenoxy) is 1. The van der Waals surface area contributed by atoms with E-state index in [-0.39, 0.29) is 10.7 Å². The Hall–Kier alpha value is -3.90. The first-order chi connectivity index (χ1) is 16.3. The molecule has 0 bridgehead atoms. The lowest BCUT2D eigenvalue weighted by Gasteiger charge is -2.18. The van der Waals surface area contributed by atoms with Crippen molar-refractivity contribution in [1.29, 1.82) is 0 Å². The van der Waals surface area contributed by atoms with Crippen molar-refractivity contribution >= 4 is 40.8 Å². The van der Waals surface area contributed by atoms with Crippen molar-refractivity contribution in [1.82, 2.24) is 0 Å². The molecule has 7 heteroatoms. The van der Waals surface area contributed by atoms with E-state index in [4.69, 9.17) is 16.3 Å². The summed E-state index contributed by atoms with van der Waals surface area (Å²) in [5.74, 6) is -1.11. The Morgan fingerprint density at radius 2 is 1.68 bits per heavy atom.